The van der Waals surface area contributed by atoms with Crippen molar-refractivity contribution < 1.29 is 9.59 Å². The summed E-state index contributed by atoms with van der Waals surface area (Å²) in [5, 5.41) is 0. The van der Waals surface area contributed by atoms with Crippen molar-refractivity contribution in [3.05, 3.63) is 71.3 Å². The molecule has 146 valence electrons. The van der Waals surface area contributed by atoms with Gasteiger partial charge in [0, 0.05) is 6.54 Å². The highest BCUT2D eigenvalue weighted by Gasteiger charge is 2.34. The topological polar surface area (TPSA) is 40.6 Å². The molecule has 4 nitrogen and oxygen atoms in total. The van der Waals surface area contributed by atoms with Gasteiger partial charge in [-0.1, -0.05) is 42.5 Å². The smallest absolute Gasteiger partial charge is 0.261 e. The first-order valence-corrected chi connectivity index (χ1v) is 10.4. The van der Waals surface area contributed by atoms with Gasteiger partial charge in [0.1, 0.15) is 0 Å². The molecule has 4 heteroatoms. The summed E-state index contributed by atoms with van der Waals surface area (Å²) in [6, 6.07) is 17.9. The molecule has 0 radical (unpaired) electrons. The number of benzene rings is 2. The van der Waals surface area contributed by atoms with E-state index in [9.17, 15) is 9.59 Å². The van der Waals surface area contributed by atoms with Gasteiger partial charge >= 0.3 is 0 Å². The predicted octanol–water partition coefficient (Wildman–Crippen LogP) is 4.02. The average Bonchev–Trinajstić information content (AvgIpc) is 2.98. The van der Waals surface area contributed by atoms with Crippen molar-refractivity contribution in [2.45, 2.75) is 32.1 Å². The summed E-state index contributed by atoms with van der Waals surface area (Å²) in [5.74, 6) is 0.515. The number of hydrogen-bond donors (Lipinski definition) is 0. The number of rotatable bonds is 7. The number of imide groups is 1. The number of likely N-dealkylation sites (tertiary alicyclic amines) is 1. The lowest BCUT2D eigenvalue weighted by Gasteiger charge is -2.32. The first-order valence-electron chi connectivity index (χ1n) is 10.4. The number of hydrogen-bond acceptors (Lipinski definition) is 3. The Morgan fingerprint density at radius 2 is 1.32 bits per heavy atom. The maximum Gasteiger partial charge on any atom is 0.261 e. The SMILES string of the molecule is O=C1c2ccccc2C(=O)N1CCCCN1CCC(Cc2ccccc2)CC1. The zero-order chi connectivity index (χ0) is 19.3. The first kappa shape index (κ1) is 18.9. The molecule has 2 aromatic rings. The van der Waals surface area contributed by atoms with Crippen LogP contribution in [0.5, 0.6) is 0 Å². The summed E-state index contributed by atoms with van der Waals surface area (Å²) in [5.41, 5.74) is 2.54. The Balaban J connectivity index is 1.16. The van der Waals surface area contributed by atoms with Gasteiger partial charge in [0.25, 0.3) is 11.8 Å². The predicted molar refractivity (Wildman–Crippen MR) is 110 cm³/mol. The molecule has 0 aliphatic carbocycles. The first-order chi connectivity index (χ1) is 13.7. The van der Waals surface area contributed by atoms with E-state index in [0.29, 0.717) is 17.7 Å². The molecule has 1 fully saturated rings. The number of carbonyl (C=O) groups excluding carboxylic acids is 2. The minimum absolute atomic E-state index is 0.137. The van der Waals surface area contributed by atoms with Crippen LogP contribution in [0.2, 0.25) is 0 Å². The van der Waals surface area contributed by atoms with E-state index in [1.807, 2.05) is 12.1 Å². The maximum atomic E-state index is 12.4. The molecule has 0 spiro atoms. The lowest BCUT2D eigenvalue weighted by molar-refractivity contribution is 0.0649. The minimum Gasteiger partial charge on any atom is -0.303 e. The quantitative estimate of drug-likeness (QED) is 0.541. The molecule has 0 aromatic heterocycles. The molecule has 1 saturated heterocycles. The van der Waals surface area contributed by atoms with Crippen LogP contribution in [0.1, 0.15) is 52.0 Å². The molecule has 0 saturated carbocycles. The second-order valence-electron chi connectivity index (χ2n) is 7.99. The fourth-order valence-electron chi connectivity index (χ4n) is 4.41. The third-order valence-corrected chi connectivity index (χ3v) is 6.06. The van der Waals surface area contributed by atoms with Gasteiger partial charge in [-0.05, 0) is 75.4 Å². The number of unbranched alkanes of at least 4 members (excludes halogenated alkanes) is 1. The monoisotopic (exact) mass is 376 g/mol. The van der Waals surface area contributed by atoms with Crippen LogP contribution in [-0.4, -0.2) is 47.8 Å². The molecular formula is C24H28N2O2. The molecule has 2 aliphatic heterocycles. The second-order valence-corrected chi connectivity index (χ2v) is 7.99. The van der Waals surface area contributed by atoms with Crippen molar-refractivity contribution in [1.82, 2.24) is 9.80 Å². The fraction of sp³-hybridized carbons (Fsp3) is 0.417. The van der Waals surface area contributed by atoms with E-state index in [1.165, 1.54) is 29.7 Å². The van der Waals surface area contributed by atoms with Crippen molar-refractivity contribution >= 4 is 11.8 Å². The summed E-state index contributed by atoms with van der Waals surface area (Å²) in [6.07, 6.45) is 5.60. The third kappa shape index (κ3) is 4.17. The highest BCUT2D eigenvalue weighted by atomic mass is 16.2. The Morgan fingerprint density at radius 3 is 1.96 bits per heavy atom. The Hall–Kier alpha value is -2.46. The summed E-state index contributed by atoms with van der Waals surface area (Å²) in [7, 11) is 0. The van der Waals surface area contributed by atoms with E-state index in [1.54, 1.807) is 12.1 Å². The van der Waals surface area contributed by atoms with Crippen molar-refractivity contribution in [3.8, 4) is 0 Å². The standard InChI is InChI=1S/C24H28N2O2/c27-23-21-10-4-5-11-22(21)24(28)26(23)15-7-6-14-25-16-12-20(13-17-25)18-19-8-2-1-3-9-19/h1-5,8-11,20H,6-7,12-18H2. The molecule has 2 aromatic carbocycles. The van der Waals surface area contributed by atoms with Crippen LogP contribution in [0.4, 0.5) is 0 Å². The summed E-state index contributed by atoms with van der Waals surface area (Å²) >= 11 is 0. The van der Waals surface area contributed by atoms with Crippen molar-refractivity contribution in [2.24, 2.45) is 5.92 Å². The molecular weight excluding hydrogens is 348 g/mol. The Morgan fingerprint density at radius 1 is 0.750 bits per heavy atom. The Bertz CT molecular complexity index is 791. The van der Waals surface area contributed by atoms with Gasteiger partial charge in [-0.15, -0.1) is 0 Å². The van der Waals surface area contributed by atoms with Gasteiger partial charge in [0.15, 0.2) is 0 Å². The molecule has 0 N–H and O–H groups in total. The molecule has 4 rings (SSSR count). The summed E-state index contributed by atoms with van der Waals surface area (Å²) in [6.45, 7) is 3.90. The van der Waals surface area contributed by atoms with Gasteiger partial charge in [-0.3, -0.25) is 14.5 Å². The van der Waals surface area contributed by atoms with Gasteiger partial charge in [0.2, 0.25) is 0 Å². The van der Waals surface area contributed by atoms with E-state index >= 15 is 0 Å². The van der Waals surface area contributed by atoms with Gasteiger partial charge in [-0.2, -0.15) is 0 Å². The van der Waals surface area contributed by atoms with Crippen LogP contribution >= 0.6 is 0 Å². The van der Waals surface area contributed by atoms with Crippen molar-refractivity contribution in [1.29, 1.82) is 0 Å². The molecule has 0 bridgehead atoms. The van der Waals surface area contributed by atoms with E-state index in [2.05, 4.69) is 35.2 Å². The van der Waals surface area contributed by atoms with Crippen LogP contribution < -0.4 is 0 Å². The molecule has 28 heavy (non-hydrogen) atoms. The van der Waals surface area contributed by atoms with Crippen LogP contribution in [0.3, 0.4) is 0 Å². The Kier molecular flexibility index (Phi) is 5.87. The largest absolute Gasteiger partial charge is 0.303 e. The zero-order valence-electron chi connectivity index (χ0n) is 16.3. The molecule has 0 unspecified atom stereocenters. The number of fused-ring (bicyclic) bond motifs is 1. The van der Waals surface area contributed by atoms with Gasteiger partial charge in [-0.25, -0.2) is 0 Å². The van der Waals surface area contributed by atoms with E-state index in [4.69, 9.17) is 0 Å². The van der Waals surface area contributed by atoms with E-state index in [0.717, 1.165) is 38.4 Å². The van der Waals surface area contributed by atoms with Crippen molar-refractivity contribution in [2.75, 3.05) is 26.2 Å². The average molecular weight is 377 g/mol. The van der Waals surface area contributed by atoms with Crippen LogP contribution in [0.25, 0.3) is 0 Å². The summed E-state index contributed by atoms with van der Waals surface area (Å²) in [4.78, 5) is 28.7. The normalized spacial score (nSPS) is 17.9. The Labute approximate surface area is 167 Å². The van der Waals surface area contributed by atoms with E-state index < -0.39 is 0 Å². The molecule has 2 aliphatic rings. The number of nitrogens with zero attached hydrogens (tertiary/aromatic N) is 2. The van der Waals surface area contributed by atoms with Gasteiger partial charge in [0.05, 0.1) is 11.1 Å². The lowest BCUT2D eigenvalue weighted by atomic mass is 9.90. The fourth-order valence-corrected chi connectivity index (χ4v) is 4.41. The summed E-state index contributed by atoms with van der Waals surface area (Å²) < 4.78 is 0. The minimum atomic E-state index is -0.137. The lowest BCUT2D eigenvalue weighted by Crippen LogP contribution is -2.35. The molecule has 2 amide bonds. The molecule has 0 atom stereocenters. The maximum absolute atomic E-state index is 12.4. The van der Waals surface area contributed by atoms with E-state index in [-0.39, 0.29) is 11.8 Å². The van der Waals surface area contributed by atoms with Crippen LogP contribution in [0, 0.1) is 5.92 Å². The van der Waals surface area contributed by atoms with Crippen LogP contribution in [0.15, 0.2) is 54.6 Å². The molecule has 2 heterocycles. The number of amides is 2. The van der Waals surface area contributed by atoms with Gasteiger partial charge < -0.3 is 4.90 Å². The number of carbonyl (C=O) groups is 2. The number of piperidine rings is 1. The van der Waals surface area contributed by atoms with Crippen LogP contribution in [-0.2, 0) is 6.42 Å². The second kappa shape index (κ2) is 8.70. The van der Waals surface area contributed by atoms with Crippen molar-refractivity contribution in [3.63, 3.8) is 0 Å². The highest BCUT2D eigenvalue weighted by molar-refractivity contribution is 6.21. The third-order valence-electron chi connectivity index (χ3n) is 6.06. The highest BCUT2D eigenvalue weighted by Crippen LogP contribution is 2.24. The zero-order valence-corrected chi connectivity index (χ0v) is 16.3.